The molecule has 0 bridgehead atoms. The highest BCUT2D eigenvalue weighted by Crippen LogP contribution is 2.29. The quantitative estimate of drug-likeness (QED) is 0.881. The molecule has 0 aromatic carbocycles. The second-order valence-electron chi connectivity index (χ2n) is 5.72. The minimum Gasteiger partial charge on any atom is -0.478 e. The number of aromatic nitrogens is 2. The number of amides is 1. The molecule has 0 spiro atoms. The number of rotatable bonds is 3. The van der Waals surface area contributed by atoms with Crippen molar-refractivity contribution in [3.05, 3.63) is 17.5 Å². The number of nitrogens with one attached hydrogen (secondary N) is 1. The third kappa shape index (κ3) is 2.84. The van der Waals surface area contributed by atoms with Crippen LogP contribution in [-0.2, 0) is 7.05 Å². The molecule has 6 nitrogen and oxygen atoms in total. The van der Waals surface area contributed by atoms with E-state index in [2.05, 4.69) is 24.3 Å². The molecule has 0 saturated heterocycles. The molecule has 1 heterocycles. The number of carbonyl (C=O) groups excluding carboxylic acids is 1. The molecule has 20 heavy (non-hydrogen) atoms. The molecule has 2 rings (SSSR count). The van der Waals surface area contributed by atoms with Crippen LogP contribution in [0.15, 0.2) is 6.20 Å². The SMILES string of the molecule is C[C@@H]1[C@H](C)CCC[C@@H]1NC(=O)c1nn(C)cc1C(=O)O. The van der Waals surface area contributed by atoms with Crippen molar-refractivity contribution in [1.29, 1.82) is 0 Å². The van der Waals surface area contributed by atoms with Gasteiger partial charge in [0.2, 0.25) is 0 Å². The molecule has 1 amide bonds. The second kappa shape index (κ2) is 5.64. The van der Waals surface area contributed by atoms with Crippen molar-refractivity contribution in [3.8, 4) is 0 Å². The van der Waals surface area contributed by atoms with Gasteiger partial charge in [-0.2, -0.15) is 5.10 Å². The summed E-state index contributed by atoms with van der Waals surface area (Å²) >= 11 is 0. The average molecular weight is 279 g/mol. The van der Waals surface area contributed by atoms with E-state index in [0.29, 0.717) is 11.8 Å². The van der Waals surface area contributed by atoms with E-state index >= 15 is 0 Å². The van der Waals surface area contributed by atoms with Crippen LogP contribution in [0.5, 0.6) is 0 Å². The molecule has 1 fully saturated rings. The maximum atomic E-state index is 12.3. The molecule has 0 radical (unpaired) electrons. The summed E-state index contributed by atoms with van der Waals surface area (Å²) in [5.74, 6) is -0.566. The van der Waals surface area contributed by atoms with Gasteiger partial charge in [0.15, 0.2) is 5.69 Å². The van der Waals surface area contributed by atoms with Crippen LogP contribution in [0.25, 0.3) is 0 Å². The molecule has 6 heteroatoms. The highest BCUT2D eigenvalue weighted by atomic mass is 16.4. The fourth-order valence-electron chi connectivity index (χ4n) is 2.84. The van der Waals surface area contributed by atoms with Gasteiger partial charge in [0.1, 0.15) is 5.56 Å². The van der Waals surface area contributed by atoms with Gasteiger partial charge < -0.3 is 10.4 Å². The van der Waals surface area contributed by atoms with Crippen molar-refractivity contribution in [3.63, 3.8) is 0 Å². The Morgan fingerprint density at radius 3 is 2.75 bits per heavy atom. The molecule has 0 unspecified atom stereocenters. The summed E-state index contributed by atoms with van der Waals surface area (Å²) in [5, 5.41) is 16.0. The average Bonchev–Trinajstić information content (AvgIpc) is 2.77. The number of nitrogens with zero attached hydrogens (tertiary/aromatic N) is 2. The lowest BCUT2D eigenvalue weighted by atomic mass is 9.78. The molecule has 0 aliphatic heterocycles. The van der Waals surface area contributed by atoms with Crippen LogP contribution in [0.1, 0.15) is 54.0 Å². The van der Waals surface area contributed by atoms with Crippen molar-refractivity contribution < 1.29 is 14.7 Å². The topological polar surface area (TPSA) is 84.2 Å². The second-order valence-corrected chi connectivity index (χ2v) is 5.72. The van der Waals surface area contributed by atoms with Gasteiger partial charge in [-0.3, -0.25) is 9.48 Å². The molecule has 1 aliphatic carbocycles. The number of aromatic carboxylic acids is 1. The zero-order chi connectivity index (χ0) is 14.9. The summed E-state index contributed by atoms with van der Waals surface area (Å²) in [6, 6.07) is 0.0925. The minimum atomic E-state index is -1.13. The van der Waals surface area contributed by atoms with Gasteiger partial charge in [0.25, 0.3) is 5.91 Å². The third-order valence-electron chi connectivity index (χ3n) is 4.30. The fourth-order valence-corrected chi connectivity index (χ4v) is 2.84. The predicted molar refractivity (Wildman–Crippen MR) is 73.6 cm³/mol. The lowest BCUT2D eigenvalue weighted by molar-refractivity contribution is 0.0689. The van der Waals surface area contributed by atoms with Crippen LogP contribution >= 0.6 is 0 Å². The first-order valence-electron chi connectivity index (χ1n) is 6.98. The van der Waals surface area contributed by atoms with Gasteiger partial charge in [-0.1, -0.05) is 26.7 Å². The first-order valence-corrected chi connectivity index (χ1v) is 6.98. The lowest BCUT2D eigenvalue weighted by Crippen LogP contribution is -2.44. The van der Waals surface area contributed by atoms with E-state index in [0.717, 1.165) is 12.8 Å². The van der Waals surface area contributed by atoms with Crippen LogP contribution in [0.2, 0.25) is 0 Å². The fraction of sp³-hybridized carbons (Fsp3) is 0.643. The maximum Gasteiger partial charge on any atom is 0.339 e. The van der Waals surface area contributed by atoms with Crippen molar-refractivity contribution in [2.45, 2.75) is 39.2 Å². The van der Waals surface area contributed by atoms with E-state index in [1.165, 1.54) is 17.3 Å². The summed E-state index contributed by atoms with van der Waals surface area (Å²) in [4.78, 5) is 23.4. The lowest BCUT2D eigenvalue weighted by Gasteiger charge is -2.34. The van der Waals surface area contributed by atoms with Crippen LogP contribution in [-0.4, -0.2) is 32.8 Å². The molecule has 110 valence electrons. The Balaban J connectivity index is 2.14. The van der Waals surface area contributed by atoms with Gasteiger partial charge >= 0.3 is 5.97 Å². The molecule has 1 saturated carbocycles. The van der Waals surface area contributed by atoms with E-state index in [9.17, 15) is 9.59 Å². The molecular formula is C14H21N3O3. The summed E-state index contributed by atoms with van der Waals surface area (Å²) < 4.78 is 1.35. The first kappa shape index (κ1) is 14.6. The van der Waals surface area contributed by atoms with Gasteiger partial charge in [0, 0.05) is 19.3 Å². The standard InChI is InChI=1S/C14H21N3O3/c1-8-5-4-6-11(9(8)2)15-13(18)12-10(14(19)20)7-17(3)16-12/h7-9,11H,4-6H2,1-3H3,(H,15,18)(H,19,20)/t8-,9-,11+/m1/s1. The van der Waals surface area contributed by atoms with Crippen LogP contribution in [0.4, 0.5) is 0 Å². The predicted octanol–water partition coefficient (Wildman–Crippen LogP) is 1.67. The Labute approximate surface area is 118 Å². The maximum absolute atomic E-state index is 12.3. The Kier molecular flexibility index (Phi) is 4.11. The number of carbonyl (C=O) groups is 2. The summed E-state index contributed by atoms with van der Waals surface area (Å²) in [6.07, 6.45) is 4.55. The Bertz CT molecular complexity index is 524. The number of carboxylic acid groups (broad SMARTS) is 1. The van der Waals surface area contributed by atoms with Crippen molar-refractivity contribution >= 4 is 11.9 Å². The summed E-state index contributed by atoms with van der Waals surface area (Å²) in [7, 11) is 1.61. The van der Waals surface area contributed by atoms with Gasteiger partial charge in [-0.05, 0) is 18.3 Å². The monoisotopic (exact) mass is 279 g/mol. The van der Waals surface area contributed by atoms with E-state index in [-0.39, 0.29) is 17.3 Å². The van der Waals surface area contributed by atoms with Crippen LogP contribution < -0.4 is 5.32 Å². The molecule has 1 aliphatic rings. The summed E-state index contributed by atoms with van der Waals surface area (Å²) in [5.41, 5.74) is -0.0630. The number of hydrogen-bond donors (Lipinski definition) is 2. The van der Waals surface area contributed by atoms with Crippen molar-refractivity contribution in [1.82, 2.24) is 15.1 Å². The smallest absolute Gasteiger partial charge is 0.339 e. The zero-order valence-corrected chi connectivity index (χ0v) is 12.1. The summed E-state index contributed by atoms with van der Waals surface area (Å²) in [6.45, 7) is 4.32. The van der Waals surface area contributed by atoms with Crippen molar-refractivity contribution in [2.75, 3.05) is 0 Å². The largest absolute Gasteiger partial charge is 0.478 e. The van der Waals surface area contributed by atoms with Gasteiger partial charge in [0.05, 0.1) is 0 Å². The Morgan fingerprint density at radius 1 is 1.40 bits per heavy atom. The number of hydrogen-bond acceptors (Lipinski definition) is 3. The van der Waals surface area contributed by atoms with Crippen molar-refractivity contribution in [2.24, 2.45) is 18.9 Å². The number of aryl methyl sites for hydroxylation is 1. The van der Waals surface area contributed by atoms with E-state index in [4.69, 9.17) is 5.11 Å². The van der Waals surface area contributed by atoms with E-state index in [1.807, 2.05) is 0 Å². The molecule has 1 aromatic rings. The molecular weight excluding hydrogens is 258 g/mol. The normalized spacial score (nSPS) is 26.2. The van der Waals surface area contributed by atoms with E-state index < -0.39 is 11.9 Å². The van der Waals surface area contributed by atoms with Crippen LogP contribution in [0.3, 0.4) is 0 Å². The molecule has 3 atom stereocenters. The van der Waals surface area contributed by atoms with Gasteiger partial charge in [-0.25, -0.2) is 4.79 Å². The first-order chi connectivity index (χ1) is 9.40. The molecule has 2 N–H and O–H groups in total. The highest BCUT2D eigenvalue weighted by Gasteiger charge is 2.30. The molecule has 1 aromatic heterocycles. The van der Waals surface area contributed by atoms with E-state index in [1.54, 1.807) is 7.05 Å². The Morgan fingerprint density at radius 2 is 2.10 bits per heavy atom. The third-order valence-corrected chi connectivity index (χ3v) is 4.30. The van der Waals surface area contributed by atoms with Crippen LogP contribution in [0, 0.1) is 11.8 Å². The number of carboxylic acids is 1. The highest BCUT2D eigenvalue weighted by molar-refractivity contribution is 6.03. The van der Waals surface area contributed by atoms with Gasteiger partial charge in [-0.15, -0.1) is 0 Å². The minimum absolute atomic E-state index is 0.00886. The Hall–Kier alpha value is -1.85. The zero-order valence-electron chi connectivity index (χ0n) is 12.1.